The topological polar surface area (TPSA) is 29.3 Å². The summed E-state index contributed by atoms with van der Waals surface area (Å²) < 4.78 is 0. The summed E-state index contributed by atoms with van der Waals surface area (Å²) in [6, 6.07) is 11.3. The predicted octanol–water partition coefficient (Wildman–Crippen LogP) is 3.89. The Balaban J connectivity index is 2.18. The first-order chi connectivity index (χ1) is 9.49. The van der Waals surface area contributed by atoms with E-state index in [1.807, 2.05) is 0 Å². The molecule has 0 aliphatic heterocycles. The van der Waals surface area contributed by atoms with E-state index in [2.05, 4.69) is 68.4 Å². The summed E-state index contributed by atoms with van der Waals surface area (Å²) in [6.45, 7) is 7.30. The molecule has 0 saturated heterocycles. The van der Waals surface area contributed by atoms with Crippen LogP contribution in [0, 0.1) is 13.8 Å². The third-order valence-corrected chi connectivity index (χ3v) is 4.79. The Bertz CT molecular complexity index is 542. The Morgan fingerprint density at radius 3 is 2.30 bits per heavy atom. The largest absolute Gasteiger partial charge is 0.326 e. The zero-order valence-corrected chi connectivity index (χ0v) is 13.6. The number of rotatable bonds is 5. The summed E-state index contributed by atoms with van der Waals surface area (Å²) in [5.41, 5.74) is 10.2. The van der Waals surface area contributed by atoms with Crippen molar-refractivity contribution in [2.24, 2.45) is 5.73 Å². The minimum absolute atomic E-state index is 0.114. The summed E-state index contributed by atoms with van der Waals surface area (Å²) in [4.78, 5) is 3.74. The fourth-order valence-corrected chi connectivity index (χ4v) is 3.81. The van der Waals surface area contributed by atoms with Crippen molar-refractivity contribution < 1.29 is 0 Å². The lowest BCUT2D eigenvalue weighted by Crippen LogP contribution is -2.36. The van der Waals surface area contributed by atoms with Gasteiger partial charge in [-0.15, -0.1) is 11.3 Å². The lowest BCUT2D eigenvalue weighted by Gasteiger charge is -2.31. The number of likely N-dealkylation sites (N-methyl/N-ethyl adjacent to an activating group) is 1. The van der Waals surface area contributed by atoms with Crippen LogP contribution in [0.4, 0.5) is 0 Å². The molecule has 2 aromatic rings. The van der Waals surface area contributed by atoms with Crippen LogP contribution in [0.3, 0.4) is 0 Å². The molecule has 2 unspecified atom stereocenters. The third kappa shape index (κ3) is 3.48. The van der Waals surface area contributed by atoms with Gasteiger partial charge in [-0.3, -0.25) is 4.90 Å². The predicted molar refractivity (Wildman–Crippen MR) is 88.1 cm³/mol. The van der Waals surface area contributed by atoms with Gasteiger partial charge in [0.25, 0.3) is 0 Å². The van der Waals surface area contributed by atoms with Gasteiger partial charge in [0, 0.05) is 17.5 Å². The molecule has 20 heavy (non-hydrogen) atoms. The summed E-state index contributed by atoms with van der Waals surface area (Å²) in [7, 11) is 2.16. The van der Waals surface area contributed by atoms with Crippen molar-refractivity contribution in [1.82, 2.24) is 4.90 Å². The molecule has 1 aromatic carbocycles. The monoisotopic (exact) mass is 288 g/mol. The van der Waals surface area contributed by atoms with Gasteiger partial charge in [0.2, 0.25) is 0 Å². The van der Waals surface area contributed by atoms with Crippen molar-refractivity contribution in [2.45, 2.75) is 39.4 Å². The van der Waals surface area contributed by atoms with E-state index in [9.17, 15) is 0 Å². The minimum atomic E-state index is 0.114. The standard InChI is InChI=1S/C17H24N2S/c1-12-5-7-15(8-6-12)11-19(4)16(14(3)18)17-13(2)9-10-20-17/h5-10,14,16H,11,18H2,1-4H3. The summed E-state index contributed by atoms with van der Waals surface area (Å²) >= 11 is 1.81. The van der Waals surface area contributed by atoms with Crippen molar-refractivity contribution in [1.29, 1.82) is 0 Å². The van der Waals surface area contributed by atoms with Crippen molar-refractivity contribution in [3.63, 3.8) is 0 Å². The Morgan fingerprint density at radius 1 is 1.15 bits per heavy atom. The fourth-order valence-electron chi connectivity index (χ4n) is 2.61. The molecule has 1 heterocycles. The Kier molecular flexibility index (Phi) is 4.97. The molecule has 0 aliphatic rings. The lowest BCUT2D eigenvalue weighted by molar-refractivity contribution is 0.213. The van der Waals surface area contributed by atoms with Crippen LogP contribution in [-0.4, -0.2) is 18.0 Å². The molecule has 3 heteroatoms. The number of hydrogen-bond acceptors (Lipinski definition) is 3. The molecule has 2 N–H and O–H groups in total. The van der Waals surface area contributed by atoms with Gasteiger partial charge in [-0.1, -0.05) is 29.8 Å². The molecule has 0 bridgehead atoms. The van der Waals surface area contributed by atoms with Crippen LogP contribution in [0.2, 0.25) is 0 Å². The molecular weight excluding hydrogens is 264 g/mol. The van der Waals surface area contributed by atoms with E-state index < -0.39 is 0 Å². The van der Waals surface area contributed by atoms with Crippen LogP contribution in [0.5, 0.6) is 0 Å². The van der Waals surface area contributed by atoms with Crippen LogP contribution < -0.4 is 5.73 Å². The maximum Gasteiger partial charge on any atom is 0.0593 e. The van der Waals surface area contributed by atoms with Crippen LogP contribution in [0.1, 0.15) is 34.5 Å². The van der Waals surface area contributed by atoms with Gasteiger partial charge in [-0.25, -0.2) is 0 Å². The average Bonchev–Trinajstić information content (AvgIpc) is 2.78. The maximum atomic E-state index is 6.24. The van der Waals surface area contributed by atoms with E-state index in [4.69, 9.17) is 5.73 Å². The second kappa shape index (κ2) is 6.53. The molecule has 1 aromatic heterocycles. The number of benzene rings is 1. The zero-order valence-electron chi connectivity index (χ0n) is 12.8. The van der Waals surface area contributed by atoms with E-state index in [1.165, 1.54) is 21.6 Å². The second-order valence-electron chi connectivity index (χ2n) is 5.67. The first-order valence-electron chi connectivity index (χ1n) is 7.04. The summed E-state index contributed by atoms with van der Waals surface area (Å²) in [6.07, 6.45) is 0. The van der Waals surface area contributed by atoms with Gasteiger partial charge in [-0.05, 0) is 50.4 Å². The number of nitrogens with zero attached hydrogens (tertiary/aromatic N) is 1. The molecule has 0 saturated carbocycles. The molecule has 0 fully saturated rings. The van der Waals surface area contributed by atoms with Gasteiger partial charge in [0.1, 0.15) is 0 Å². The van der Waals surface area contributed by atoms with E-state index in [-0.39, 0.29) is 12.1 Å². The Morgan fingerprint density at radius 2 is 1.80 bits per heavy atom. The van der Waals surface area contributed by atoms with Gasteiger partial charge >= 0.3 is 0 Å². The molecule has 2 atom stereocenters. The quantitative estimate of drug-likeness (QED) is 0.904. The van der Waals surface area contributed by atoms with E-state index in [0.717, 1.165) is 6.54 Å². The molecule has 108 valence electrons. The molecule has 2 nitrogen and oxygen atoms in total. The van der Waals surface area contributed by atoms with Crippen LogP contribution in [0.15, 0.2) is 35.7 Å². The molecule has 2 rings (SSSR count). The minimum Gasteiger partial charge on any atom is -0.326 e. The highest BCUT2D eigenvalue weighted by molar-refractivity contribution is 7.10. The normalized spacial score (nSPS) is 14.5. The first-order valence-corrected chi connectivity index (χ1v) is 7.92. The van der Waals surface area contributed by atoms with Crippen LogP contribution in [-0.2, 0) is 6.54 Å². The van der Waals surface area contributed by atoms with Gasteiger partial charge in [0.15, 0.2) is 0 Å². The SMILES string of the molecule is Cc1ccc(CN(C)C(c2sccc2C)C(C)N)cc1. The molecule has 0 aliphatic carbocycles. The highest BCUT2D eigenvalue weighted by Gasteiger charge is 2.23. The number of aryl methyl sites for hydroxylation is 2. The van der Waals surface area contributed by atoms with E-state index in [1.54, 1.807) is 11.3 Å². The smallest absolute Gasteiger partial charge is 0.0593 e. The van der Waals surface area contributed by atoms with Gasteiger partial charge in [-0.2, -0.15) is 0 Å². The molecule has 0 spiro atoms. The third-order valence-electron chi connectivity index (χ3n) is 3.70. The highest BCUT2D eigenvalue weighted by Crippen LogP contribution is 2.30. The van der Waals surface area contributed by atoms with Gasteiger partial charge in [0.05, 0.1) is 6.04 Å². The van der Waals surface area contributed by atoms with E-state index in [0.29, 0.717) is 0 Å². The van der Waals surface area contributed by atoms with Crippen molar-refractivity contribution in [3.8, 4) is 0 Å². The summed E-state index contributed by atoms with van der Waals surface area (Å²) in [5, 5.41) is 2.15. The average molecular weight is 288 g/mol. The highest BCUT2D eigenvalue weighted by atomic mass is 32.1. The Labute approximate surface area is 126 Å². The van der Waals surface area contributed by atoms with E-state index >= 15 is 0 Å². The molecule has 0 radical (unpaired) electrons. The van der Waals surface area contributed by atoms with Crippen molar-refractivity contribution in [3.05, 3.63) is 57.3 Å². The zero-order chi connectivity index (χ0) is 14.7. The maximum absolute atomic E-state index is 6.24. The van der Waals surface area contributed by atoms with Crippen LogP contribution in [0.25, 0.3) is 0 Å². The number of nitrogens with two attached hydrogens (primary N) is 1. The molecule has 0 amide bonds. The second-order valence-corrected chi connectivity index (χ2v) is 6.62. The first kappa shape index (κ1) is 15.2. The van der Waals surface area contributed by atoms with Crippen molar-refractivity contribution in [2.75, 3.05) is 7.05 Å². The summed E-state index contributed by atoms with van der Waals surface area (Å²) in [5.74, 6) is 0. The molecular formula is C17H24N2S. The number of hydrogen-bond donors (Lipinski definition) is 1. The Hall–Kier alpha value is -1.16. The fraction of sp³-hybridized carbons (Fsp3) is 0.412. The van der Waals surface area contributed by atoms with Gasteiger partial charge < -0.3 is 5.73 Å². The van der Waals surface area contributed by atoms with Crippen molar-refractivity contribution >= 4 is 11.3 Å². The lowest BCUT2D eigenvalue weighted by atomic mass is 10.0. The number of thiophene rings is 1. The van der Waals surface area contributed by atoms with Crippen LogP contribution >= 0.6 is 11.3 Å².